The smallest absolute Gasteiger partial charge is 0.191 e. The molecule has 0 aliphatic carbocycles. The number of methoxy groups -OCH3 is 1. The van der Waals surface area contributed by atoms with Gasteiger partial charge < -0.3 is 20.3 Å². The Morgan fingerprint density at radius 1 is 1.25 bits per heavy atom. The van der Waals surface area contributed by atoms with Crippen molar-refractivity contribution < 1.29 is 4.74 Å². The molecule has 0 spiro atoms. The quantitative estimate of drug-likeness (QED) is 0.256. The third kappa shape index (κ3) is 11.5. The van der Waals surface area contributed by atoms with Crippen molar-refractivity contribution in [3.63, 3.8) is 0 Å². The zero-order chi connectivity index (χ0) is 17.1. The van der Waals surface area contributed by atoms with Crippen LogP contribution in [-0.2, 0) is 4.74 Å². The third-order valence-corrected chi connectivity index (χ3v) is 4.24. The Hall–Kier alpha value is -0.0800. The van der Waals surface area contributed by atoms with E-state index in [4.69, 9.17) is 9.73 Å². The van der Waals surface area contributed by atoms with Crippen molar-refractivity contribution in [3.8, 4) is 0 Å². The van der Waals surface area contributed by atoms with Crippen LogP contribution in [0.25, 0.3) is 0 Å². The summed E-state index contributed by atoms with van der Waals surface area (Å²) in [6.45, 7) is 15.0. The second kappa shape index (κ2) is 13.2. The molecule has 0 atom stereocenters. The Balaban J connectivity index is 0.00000529. The van der Waals surface area contributed by atoms with Gasteiger partial charge in [-0.15, -0.1) is 24.0 Å². The zero-order valence-electron chi connectivity index (χ0n) is 16.4. The lowest BCUT2D eigenvalue weighted by Gasteiger charge is -2.32. The summed E-state index contributed by atoms with van der Waals surface area (Å²) in [6, 6.07) is 0.536. The second-order valence-corrected chi connectivity index (χ2v) is 7.68. The number of likely N-dealkylation sites (tertiary alicyclic amines) is 1. The van der Waals surface area contributed by atoms with Crippen LogP contribution in [0.3, 0.4) is 0 Å². The molecule has 5 nitrogen and oxygen atoms in total. The van der Waals surface area contributed by atoms with E-state index in [1.54, 1.807) is 7.11 Å². The first kappa shape index (κ1) is 23.9. The minimum absolute atomic E-state index is 0. The van der Waals surface area contributed by atoms with Crippen LogP contribution < -0.4 is 10.6 Å². The van der Waals surface area contributed by atoms with Gasteiger partial charge in [-0.3, -0.25) is 4.99 Å². The summed E-state index contributed by atoms with van der Waals surface area (Å²) in [5.41, 5.74) is 0.399. The number of hydrogen-bond donors (Lipinski definition) is 2. The van der Waals surface area contributed by atoms with Gasteiger partial charge in [-0.05, 0) is 38.0 Å². The molecule has 2 N–H and O–H groups in total. The molecule has 1 saturated heterocycles. The number of aliphatic imine (C=N–C) groups is 1. The van der Waals surface area contributed by atoms with E-state index in [1.807, 2.05) is 0 Å². The molecule has 1 heterocycles. The van der Waals surface area contributed by atoms with E-state index in [1.165, 1.54) is 19.3 Å². The highest BCUT2D eigenvalue weighted by Gasteiger charge is 2.19. The lowest BCUT2D eigenvalue weighted by molar-refractivity contribution is 0.128. The summed E-state index contributed by atoms with van der Waals surface area (Å²) >= 11 is 0. The fourth-order valence-corrected chi connectivity index (χ4v) is 2.83. The molecule has 0 aromatic carbocycles. The van der Waals surface area contributed by atoms with E-state index in [2.05, 4.69) is 43.2 Å². The highest BCUT2D eigenvalue weighted by atomic mass is 127. The standard InChI is InChI=1S/C18H38N4O.HI/c1-6-19-17(20-11-7-10-18(2,3)4)21-16-8-12-22(13-9-16)14-15-23-5;/h16H,6-15H2,1-5H3,(H2,19,20,21);1H. The molecule has 1 rings (SSSR count). The summed E-state index contributed by atoms with van der Waals surface area (Å²) in [4.78, 5) is 7.22. The van der Waals surface area contributed by atoms with Crippen LogP contribution in [0.1, 0.15) is 53.4 Å². The number of piperidine rings is 1. The fraction of sp³-hybridized carbons (Fsp3) is 0.944. The number of nitrogens with zero attached hydrogens (tertiary/aromatic N) is 2. The van der Waals surface area contributed by atoms with Gasteiger partial charge in [0.15, 0.2) is 5.96 Å². The topological polar surface area (TPSA) is 48.9 Å². The predicted octanol–water partition coefficient (Wildman–Crippen LogP) is 3.10. The van der Waals surface area contributed by atoms with Gasteiger partial charge in [0.25, 0.3) is 0 Å². The first-order chi connectivity index (χ1) is 10.9. The molecule has 144 valence electrons. The summed E-state index contributed by atoms with van der Waals surface area (Å²) in [7, 11) is 1.77. The van der Waals surface area contributed by atoms with Crippen molar-refractivity contribution >= 4 is 29.9 Å². The molecule has 0 unspecified atom stereocenters. The van der Waals surface area contributed by atoms with Gasteiger partial charge in [-0.25, -0.2) is 0 Å². The van der Waals surface area contributed by atoms with Gasteiger partial charge in [0.05, 0.1) is 6.61 Å². The lowest BCUT2D eigenvalue weighted by Crippen LogP contribution is -2.49. The molecule has 0 saturated carbocycles. The average Bonchev–Trinajstić information content (AvgIpc) is 2.50. The van der Waals surface area contributed by atoms with E-state index in [0.29, 0.717) is 11.5 Å². The normalized spacial score (nSPS) is 17.5. The molecular weight excluding hydrogens is 415 g/mol. The van der Waals surface area contributed by atoms with Crippen molar-refractivity contribution in [3.05, 3.63) is 0 Å². The SMILES string of the molecule is CCNC(=NCCCC(C)(C)C)NC1CCN(CCOC)CC1.I. The molecule has 0 bridgehead atoms. The Kier molecular flexibility index (Phi) is 13.1. The third-order valence-electron chi connectivity index (χ3n) is 4.24. The molecule has 0 amide bonds. The van der Waals surface area contributed by atoms with Crippen LogP contribution in [0.4, 0.5) is 0 Å². The van der Waals surface area contributed by atoms with E-state index in [0.717, 1.165) is 51.7 Å². The van der Waals surface area contributed by atoms with Crippen molar-refractivity contribution in [2.75, 3.05) is 46.4 Å². The number of ether oxygens (including phenoxy) is 1. The van der Waals surface area contributed by atoms with Crippen molar-refractivity contribution in [2.45, 2.75) is 59.4 Å². The summed E-state index contributed by atoms with van der Waals surface area (Å²) in [6.07, 6.45) is 4.72. The van der Waals surface area contributed by atoms with E-state index < -0.39 is 0 Å². The molecule has 1 fully saturated rings. The fourth-order valence-electron chi connectivity index (χ4n) is 2.83. The number of nitrogens with one attached hydrogen (secondary N) is 2. The van der Waals surface area contributed by atoms with Crippen LogP contribution in [-0.4, -0.2) is 63.3 Å². The first-order valence-corrected chi connectivity index (χ1v) is 9.20. The van der Waals surface area contributed by atoms with Gasteiger partial charge in [0.2, 0.25) is 0 Å². The lowest BCUT2D eigenvalue weighted by atomic mass is 9.91. The molecule has 0 radical (unpaired) electrons. The molecule has 0 aromatic heterocycles. The first-order valence-electron chi connectivity index (χ1n) is 9.20. The minimum atomic E-state index is 0. The van der Waals surface area contributed by atoms with Crippen LogP contribution in [0.15, 0.2) is 4.99 Å². The highest BCUT2D eigenvalue weighted by Crippen LogP contribution is 2.20. The van der Waals surface area contributed by atoms with E-state index in [-0.39, 0.29) is 24.0 Å². The maximum Gasteiger partial charge on any atom is 0.191 e. The summed E-state index contributed by atoms with van der Waals surface area (Å²) in [5.74, 6) is 0.983. The molecule has 1 aliphatic heterocycles. The summed E-state index contributed by atoms with van der Waals surface area (Å²) in [5, 5.41) is 6.99. The Morgan fingerprint density at radius 2 is 1.92 bits per heavy atom. The largest absolute Gasteiger partial charge is 0.383 e. The van der Waals surface area contributed by atoms with Crippen LogP contribution in [0.5, 0.6) is 0 Å². The van der Waals surface area contributed by atoms with E-state index in [9.17, 15) is 0 Å². The predicted molar refractivity (Wildman–Crippen MR) is 115 cm³/mol. The van der Waals surface area contributed by atoms with Crippen LogP contribution >= 0.6 is 24.0 Å². The Bertz CT molecular complexity index is 336. The Morgan fingerprint density at radius 3 is 2.46 bits per heavy atom. The number of guanidine groups is 1. The van der Waals surface area contributed by atoms with Crippen LogP contribution in [0, 0.1) is 5.41 Å². The molecule has 24 heavy (non-hydrogen) atoms. The summed E-state index contributed by atoms with van der Waals surface area (Å²) < 4.78 is 5.16. The van der Waals surface area contributed by atoms with Gasteiger partial charge in [0, 0.05) is 45.9 Å². The second-order valence-electron chi connectivity index (χ2n) is 7.68. The number of hydrogen-bond acceptors (Lipinski definition) is 3. The molecular formula is C18H39IN4O. The number of rotatable bonds is 8. The van der Waals surface area contributed by atoms with Crippen molar-refractivity contribution in [1.82, 2.24) is 15.5 Å². The van der Waals surface area contributed by atoms with Crippen molar-refractivity contribution in [1.29, 1.82) is 0 Å². The van der Waals surface area contributed by atoms with Gasteiger partial charge >= 0.3 is 0 Å². The molecule has 0 aromatic rings. The van der Waals surface area contributed by atoms with Gasteiger partial charge in [0.1, 0.15) is 0 Å². The molecule has 1 aliphatic rings. The average molecular weight is 454 g/mol. The number of halogens is 1. The molecule has 6 heteroatoms. The van der Waals surface area contributed by atoms with Gasteiger partial charge in [-0.1, -0.05) is 20.8 Å². The van der Waals surface area contributed by atoms with Gasteiger partial charge in [-0.2, -0.15) is 0 Å². The maximum absolute atomic E-state index is 5.16. The monoisotopic (exact) mass is 454 g/mol. The maximum atomic E-state index is 5.16. The Labute approximate surface area is 166 Å². The van der Waals surface area contributed by atoms with Crippen molar-refractivity contribution in [2.24, 2.45) is 10.4 Å². The zero-order valence-corrected chi connectivity index (χ0v) is 18.7. The van der Waals surface area contributed by atoms with Crippen LogP contribution in [0.2, 0.25) is 0 Å². The highest BCUT2D eigenvalue weighted by molar-refractivity contribution is 14.0. The minimum Gasteiger partial charge on any atom is -0.383 e. The van der Waals surface area contributed by atoms with E-state index >= 15 is 0 Å².